The maximum absolute atomic E-state index is 12.4. The number of aliphatic hydroxyl groups is 1. The Morgan fingerprint density at radius 3 is 2.60 bits per heavy atom. The van der Waals surface area contributed by atoms with Crippen molar-refractivity contribution in [1.82, 2.24) is 19.7 Å². The molecule has 0 aromatic carbocycles. The largest absolute Gasteiger partial charge is 0.390 e. The number of rotatable bonds is 3. The molecule has 2 aliphatic heterocycles. The predicted octanol–water partition coefficient (Wildman–Crippen LogP) is -0.169. The number of carbonyl (C=O) groups is 2. The Bertz CT molecular complexity index is 641. The number of carbonyl (C=O) groups excluding carboxylic acids is 2. The lowest BCUT2D eigenvalue weighted by Crippen LogP contribution is -2.54. The fourth-order valence-electron chi connectivity index (χ4n) is 3.42. The quantitative estimate of drug-likeness (QED) is 0.771. The molecule has 7 nitrogen and oxygen atoms in total. The molecule has 0 radical (unpaired) electrons. The summed E-state index contributed by atoms with van der Waals surface area (Å²) in [5.74, 6) is -0.0169. The van der Waals surface area contributed by atoms with E-state index in [1.807, 2.05) is 17.0 Å². The minimum atomic E-state index is -0.556. The molecule has 3 heterocycles. The molecule has 25 heavy (non-hydrogen) atoms. The minimum Gasteiger partial charge on any atom is -0.390 e. The topological polar surface area (TPSA) is 77.0 Å². The van der Waals surface area contributed by atoms with E-state index in [0.29, 0.717) is 26.2 Å². The fourth-order valence-corrected chi connectivity index (χ4v) is 3.42. The van der Waals surface area contributed by atoms with Crippen LogP contribution in [0, 0.1) is 0 Å². The number of aromatic nitrogens is 1. The van der Waals surface area contributed by atoms with Gasteiger partial charge in [-0.2, -0.15) is 0 Å². The van der Waals surface area contributed by atoms with Crippen LogP contribution in [0.4, 0.5) is 0 Å². The maximum atomic E-state index is 12.4. The smallest absolute Gasteiger partial charge is 0.246 e. The predicted molar refractivity (Wildman–Crippen MR) is 93.5 cm³/mol. The number of aliphatic hydroxyl groups excluding tert-OH is 1. The molecule has 0 bridgehead atoms. The zero-order valence-electron chi connectivity index (χ0n) is 14.4. The Morgan fingerprint density at radius 1 is 1.20 bits per heavy atom. The zero-order valence-corrected chi connectivity index (χ0v) is 14.4. The maximum Gasteiger partial charge on any atom is 0.246 e. The summed E-state index contributed by atoms with van der Waals surface area (Å²) in [4.78, 5) is 33.5. The van der Waals surface area contributed by atoms with Crippen molar-refractivity contribution >= 4 is 17.9 Å². The van der Waals surface area contributed by atoms with Gasteiger partial charge >= 0.3 is 0 Å². The first-order valence-corrected chi connectivity index (χ1v) is 8.59. The minimum absolute atomic E-state index is 0.0650. The van der Waals surface area contributed by atoms with E-state index in [0.717, 1.165) is 18.7 Å². The van der Waals surface area contributed by atoms with E-state index in [1.54, 1.807) is 30.3 Å². The first kappa shape index (κ1) is 17.6. The van der Waals surface area contributed by atoms with Gasteiger partial charge in [-0.3, -0.25) is 19.5 Å². The van der Waals surface area contributed by atoms with Gasteiger partial charge < -0.3 is 14.9 Å². The first-order valence-electron chi connectivity index (χ1n) is 8.59. The highest BCUT2D eigenvalue weighted by atomic mass is 16.3. The lowest BCUT2D eigenvalue weighted by atomic mass is 10.1. The summed E-state index contributed by atoms with van der Waals surface area (Å²) in [6, 6.07) is 3.64. The average Bonchev–Trinajstić information content (AvgIpc) is 3.02. The molecule has 7 heteroatoms. The third kappa shape index (κ3) is 4.24. The van der Waals surface area contributed by atoms with Crippen LogP contribution in [0.15, 0.2) is 30.6 Å². The molecule has 0 aliphatic carbocycles. The molecule has 0 spiro atoms. The number of amides is 2. The first-order chi connectivity index (χ1) is 12.0. The van der Waals surface area contributed by atoms with Crippen molar-refractivity contribution in [1.29, 1.82) is 0 Å². The Morgan fingerprint density at radius 2 is 1.96 bits per heavy atom. The van der Waals surface area contributed by atoms with Crippen molar-refractivity contribution in [3.05, 3.63) is 36.2 Å². The van der Waals surface area contributed by atoms with Crippen molar-refractivity contribution in [2.45, 2.75) is 19.1 Å². The van der Waals surface area contributed by atoms with Crippen LogP contribution in [0.25, 0.3) is 6.08 Å². The third-order valence-corrected chi connectivity index (χ3v) is 4.90. The van der Waals surface area contributed by atoms with E-state index in [2.05, 4.69) is 9.88 Å². The zero-order chi connectivity index (χ0) is 17.8. The monoisotopic (exact) mass is 344 g/mol. The Kier molecular flexibility index (Phi) is 5.45. The van der Waals surface area contributed by atoms with Crippen molar-refractivity contribution < 1.29 is 14.7 Å². The van der Waals surface area contributed by atoms with E-state index in [4.69, 9.17) is 0 Å². The van der Waals surface area contributed by atoms with Crippen molar-refractivity contribution in [2.75, 3.05) is 39.3 Å². The summed E-state index contributed by atoms with van der Waals surface area (Å²) in [5.41, 5.74) is 0.868. The number of piperazine rings is 1. The van der Waals surface area contributed by atoms with Gasteiger partial charge in [-0.1, -0.05) is 6.07 Å². The molecule has 134 valence electrons. The van der Waals surface area contributed by atoms with Crippen LogP contribution >= 0.6 is 0 Å². The molecule has 2 atom stereocenters. The second-order valence-electron chi connectivity index (χ2n) is 6.54. The highest BCUT2D eigenvalue weighted by Crippen LogP contribution is 2.19. The van der Waals surface area contributed by atoms with E-state index in [9.17, 15) is 14.7 Å². The molecule has 0 unspecified atom stereocenters. The van der Waals surface area contributed by atoms with Gasteiger partial charge in [0.25, 0.3) is 0 Å². The van der Waals surface area contributed by atoms with Crippen LogP contribution in [0.2, 0.25) is 0 Å². The number of hydrogen-bond acceptors (Lipinski definition) is 5. The number of likely N-dealkylation sites (tertiary alicyclic amines) is 1. The third-order valence-electron chi connectivity index (χ3n) is 4.90. The molecule has 1 N–H and O–H groups in total. The molecule has 2 aliphatic rings. The number of nitrogens with zero attached hydrogens (tertiary/aromatic N) is 4. The average molecular weight is 344 g/mol. The molecular weight excluding hydrogens is 320 g/mol. The highest BCUT2D eigenvalue weighted by Gasteiger charge is 2.38. The van der Waals surface area contributed by atoms with Gasteiger partial charge in [-0.15, -0.1) is 0 Å². The van der Waals surface area contributed by atoms with Gasteiger partial charge in [-0.05, 0) is 17.7 Å². The molecule has 0 saturated carbocycles. The number of hydrogen-bond donors (Lipinski definition) is 1. The lowest BCUT2D eigenvalue weighted by Gasteiger charge is -2.38. The van der Waals surface area contributed by atoms with Gasteiger partial charge in [0, 0.05) is 64.7 Å². The Labute approximate surface area is 147 Å². The van der Waals surface area contributed by atoms with Crippen LogP contribution in [-0.2, 0) is 9.59 Å². The molecule has 1 aromatic heterocycles. The van der Waals surface area contributed by atoms with E-state index >= 15 is 0 Å². The van der Waals surface area contributed by atoms with Gasteiger partial charge in [0.15, 0.2) is 0 Å². The van der Waals surface area contributed by atoms with Gasteiger partial charge in [0.05, 0.1) is 12.1 Å². The van der Waals surface area contributed by atoms with E-state index in [-0.39, 0.29) is 17.9 Å². The van der Waals surface area contributed by atoms with E-state index < -0.39 is 6.10 Å². The summed E-state index contributed by atoms with van der Waals surface area (Å²) in [6.07, 6.45) is 6.09. The fraction of sp³-hybridized carbons (Fsp3) is 0.500. The summed E-state index contributed by atoms with van der Waals surface area (Å²) < 4.78 is 0. The molecular formula is C18H24N4O3. The van der Waals surface area contributed by atoms with Crippen LogP contribution in [0.5, 0.6) is 0 Å². The Balaban J connectivity index is 1.55. The molecule has 2 amide bonds. The van der Waals surface area contributed by atoms with Crippen LogP contribution in [0.3, 0.4) is 0 Å². The highest BCUT2D eigenvalue weighted by molar-refractivity contribution is 5.92. The number of pyridine rings is 1. The summed E-state index contributed by atoms with van der Waals surface area (Å²) in [5, 5.41) is 10.4. The van der Waals surface area contributed by atoms with Crippen LogP contribution in [-0.4, -0.2) is 88.0 Å². The SMILES string of the molecule is CC(=O)N1CCN([C@@H]2CN(C(=O)/C=C/c3cccnc3)C[C@H]2O)CC1. The van der Waals surface area contributed by atoms with Crippen molar-refractivity contribution in [3.8, 4) is 0 Å². The molecule has 2 saturated heterocycles. The van der Waals surface area contributed by atoms with Crippen LogP contribution in [0.1, 0.15) is 12.5 Å². The van der Waals surface area contributed by atoms with Crippen LogP contribution < -0.4 is 0 Å². The number of β-amino-alcohol motifs (C(OH)–C–C–N with tert-alkyl or cyclic N) is 1. The van der Waals surface area contributed by atoms with Gasteiger partial charge in [-0.25, -0.2) is 0 Å². The summed E-state index contributed by atoms with van der Waals surface area (Å²) in [6.45, 7) is 5.24. The lowest BCUT2D eigenvalue weighted by molar-refractivity contribution is -0.131. The van der Waals surface area contributed by atoms with Crippen molar-refractivity contribution in [2.24, 2.45) is 0 Å². The van der Waals surface area contributed by atoms with E-state index in [1.165, 1.54) is 6.08 Å². The van der Waals surface area contributed by atoms with Gasteiger partial charge in [0.1, 0.15) is 0 Å². The standard InChI is InChI=1S/C18H24N4O3/c1-14(23)20-7-9-21(10-8-20)16-12-22(13-17(16)24)18(25)5-4-15-3-2-6-19-11-15/h2-6,11,16-17,24H,7-10,12-13H2,1H3/b5-4+/t16-,17-/m1/s1. The second kappa shape index (κ2) is 7.76. The summed E-state index contributed by atoms with van der Waals surface area (Å²) in [7, 11) is 0. The molecule has 1 aromatic rings. The normalized spacial score (nSPS) is 24.9. The Hall–Kier alpha value is -2.25. The summed E-state index contributed by atoms with van der Waals surface area (Å²) >= 11 is 0. The van der Waals surface area contributed by atoms with Gasteiger partial charge in [0.2, 0.25) is 11.8 Å². The molecule has 3 rings (SSSR count). The second-order valence-corrected chi connectivity index (χ2v) is 6.54. The van der Waals surface area contributed by atoms with Crippen molar-refractivity contribution in [3.63, 3.8) is 0 Å². The molecule has 2 fully saturated rings.